The summed E-state index contributed by atoms with van der Waals surface area (Å²) in [6, 6.07) is 5.72. The number of H-pyrrole nitrogens is 1. The van der Waals surface area contributed by atoms with Crippen LogP contribution in [0.15, 0.2) is 18.2 Å². The first-order valence-corrected chi connectivity index (χ1v) is 6.12. The van der Waals surface area contributed by atoms with E-state index in [9.17, 15) is 8.78 Å². The van der Waals surface area contributed by atoms with Crippen molar-refractivity contribution in [3.05, 3.63) is 29.5 Å². The van der Waals surface area contributed by atoms with Gasteiger partial charge in [0, 0.05) is 18.5 Å². The van der Waals surface area contributed by atoms with E-state index in [2.05, 4.69) is 15.5 Å². The third-order valence-electron chi connectivity index (χ3n) is 4.53. The number of aromatic amines is 1. The third kappa shape index (κ3) is 0.925. The van der Waals surface area contributed by atoms with Crippen molar-refractivity contribution in [3.8, 4) is 0 Å². The van der Waals surface area contributed by atoms with Crippen molar-refractivity contribution >= 4 is 10.9 Å². The van der Waals surface area contributed by atoms with Crippen LogP contribution in [0.25, 0.3) is 10.9 Å². The smallest absolute Gasteiger partial charge is 0.266 e. The third-order valence-corrected chi connectivity index (χ3v) is 4.53. The summed E-state index contributed by atoms with van der Waals surface area (Å²) in [5, 5.41) is 11.0. The van der Waals surface area contributed by atoms with Crippen molar-refractivity contribution in [2.75, 3.05) is 13.1 Å². The number of benzene rings is 1. The Morgan fingerprint density at radius 2 is 2.22 bits per heavy atom. The molecular formula is C13H13F2N3. The average Bonchev–Trinajstić information content (AvgIpc) is 2.78. The molecule has 0 amide bonds. The van der Waals surface area contributed by atoms with Gasteiger partial charge in [-0.25, -0.2) is 8.78 Å². The minimum Gasteiger partial charge on any atom is -0.315 e. The van der Waals surface area contributed by atoms with Crippen LogP contribution in [0.5, 0.6) is 0 Å². The van der Waals surface area contributed by atoms with E-state index in [1.807, 2.05) is 25.1 Å². The van der Waals surface area contributed by atoms with Crippen molar-refractivity contribution in [1.29, 1.82) is 0 Å². The monoisotopic (exact) mass is 249 g/mol. The Bertz CT molecular complexity index is 649. The van der Waals surface area contributed by atoms with Gasteiger partial charge in [-0.15, -0.1) is 0 Å². The van der Waals surface area contributed by atoms with Gasteiger partial charge in [-0.2, -0.15) is 5.10 Å². The number of para-hydroxylation sites is 1. The number of rotatable bonds is 1. The van der Waals surface area contributed by atoms with Gasteiger partial charge in [-0.1, -0.05) is 18.2 Å². The number of hydrogen-bond acceptors (Lipinski definition) is 2. The molecule has 1 saturated heterocycles. The molecule has 2 fully saturated rings. The topological polar surface area (TPSA) is 40.7 Å². The van der Waals surface area contributed by atoms with Gasteiger partial charge in [-0.05, 0) is 12.5 Å². The lowest BCUT2D eigenvalue weighted by Crippen LogP contribution is -2.29. The van der Waals surface area contributed by atoms with Crippen LogP contribution in [0.1, 0.15) is 11.3 Å². The van der Waals surface area contributed by atoms with Gasteiger partial charge in [0.05, 0.1) is 17.1 Å². The SMILES string of the molecule is Cc1cccc2c(C34CNCC3C4(F)F)n[nH]c12. The Balaban J connectivity index is 1.97. The van der Waals surface area contributed by atoms with Crippen molar-refractivity contribution in [3.63, 3.8) is 0 Å². The number of aryl methyl sites for hydroxylation is 1. The molecule has 1 aliphatic carbocycles. The molecule has 3 nitrogen and oxygen atoms in total. The second-order valence-corrected chi connectivity index (χ2v) is 5.35. The zero-order chi connectivity index (χ0) is 12.5. The van der Waals surface area contributed by atoms with E-state index in [1.165, 1.54) is 0 Å². The second-order valence-electron chi connectivity index (χ2n) is 5.35. The normalized spacial score (nSPS) is 32.7. The summed E-state index contributed by atoms with van der Waals surface area (Å²) in [5.41, 5.74) is 1.35. The van der Waals surface area contributed by atoms with Crippen LogP contribution in [0.4, 0.5) is 8.78 Å². The molecule has 18 heavy (non-hydrogen) atoms. The van der Waals surface area contributed by atoms with Crippen molar-refractivity contribution < 1.29 is 8.78 Å². The molecule has 0 radical (unpaired) electrons. The van der Waals surface area contributed by atoms with Crippen LogP contribution in [0, 0.1) is 12.8 Å². The van der Waals surface area contributed by atoms with E-state index < -0.39 is 17.3 Å². The summed E-state index contributed by atoms with van der Waals surface area (Å²) in [6.07, 6.45) is 0. The van der Waals surface area contributed by atoms with Crippen molar-refractivity contribution in [1.82, 2.24) is 15.5 Å². The predicted molar refractivity (Wildman–Crippen MR) is 63.8 cm³/mol. The fraction of sp³-hybridized carbons (Fsp3) is 0.462. The summed E-state index contributed by atoms with van der Waals surface area (Å²) < 4.78 is 28.0. The minimum atomic E-state index is -2.62. The number of hydrogen-bond donors (Lipinski definition) is 2. The van der Waals surface area contributed by atoms with Crippen LogP contribution in [0.2, 0.25) is 0 Å². The zero-order valence-corrected chi connectivity index (χ0v) is 9.93. The second kappa shape index (κ2) is 2.91. The molecule has 0 spiro atoms. The highest BCUT2D eigenvalue weighted by Crippen LogP contribution is 2.68. The number of halogens is 2. The van der Waals surface area contributed by atoms with E-state index in [1.54, 1.807) is 0 Å². The molecule has 1 saturated carbocycles. The summed E-state index contributed by atoms with van der Waals surface area (Å²) in [7, 11) is 0. The van der Waals surface area contributed by atoms with E-state index in [4.69, 9.17) is 0 Å². The fourth-order valence-corrected chi connectivity index (χ4v) is 3.42. The molecule has 1 aromatic heterocycles. The van der Waals surface area contributed by atoms with Crippen LogP contribution in [0.3, 0.4) is 0 Å². The Morgan fingerprint density at radius 1 is 1.39 bits per heavy atom. The average molecular weight is 249 g/mol. The van der Waals surface area contributed by atoms with Gasteiger partial charge in [0.2, 0.25) is 0 Å². The predicted octanol–water partition coefficient (Wildman–Crippen LogP) is 1.98. The van der Waals surface area contributed by atoms with Gasteiger partial charge < -0.3 is 5.32 Å². The Hall–Kier alpha value is -1.49. The number of nitrogens with zero attached hydrogens (tertiary/aromatic N) is 1. The van der Waals surface area contributed by atoms with E-state index in [0.29, 0.717) is 18.8 Å². The first kappa shape index (κ1) is 10.4. The van der Waals surface area contributed by atoms with Gasteiger partial charge in [0.1, 0.15) is 5.41 Å². The first-order chi connectivity index (χ1) is 8.59. The van der Waals surface area contributed by atoms with E-state index >= 15 is 0 Å². The van der Waals surface area contributed by atoms with E-state index in [-0.39, 0.29) is 0 Å². The van der Waals surface area contributed by atoms with Crippen LogP contribution in [-0.4, -0.2) is 29.2 Å². The largest absolute Gasteiger partial charge is 0.315 e. The lowest BCUT2D eigenvalue weighted by molar-refractivity contribution is 0.0671. The molecular weight excluding hydrogens is 236 g/mol. The number of fused-ring (bicyclic) bond motifs is 2. The number of alkyl halides is 2. The molecule has 2 unspecified atom stereocenters. The molecule has 2 aliphatic rings. The molecule has 2 heterocycles. The maximum absolute atomic E-state index is 14.0. The molecule has 2 N–H and O–H groups in total. The van der Waals surface area contributed by atoms with Crippen molar-refractivity contribution in [2.45, 2.75) is 18.3 Å². The molecule has 1 aromatic carbocycles. The molecule has 5 heteroatoms. The summed E-state index contributed by atoms with van der Waals surface area (Å²) in [6.45, 7) is 2.66. The van der Waals surface area contributed by atoms with E-state index in [0.717, 1.165) is 16.5 Å². The molecule has 0 bridgehead atoms. The summed E-state index contributed by atoms with van der Waals surface area (Å²) in [4.78, 5) is 0. The maximum atomic E-state index is 14.0. The molecule has 94 valence electrons. The fourth-order valence-electron chi connectivity index (χ4n) is 3.42. The summed E-state index contributed by atoms with van der Waals surface area (Å²) >= 11 is 0. The number of aromatic nitrogens is 2. The van der Waals surface area contributed by atoms with Gasteiger partial charge in [0.25, 0.3) is 5.92 Å². The standard InChI is InChI=1S/C13H13F2N3/c1-7-3-2-4-8-10(7)17-18-11(8)12-6-16-5-9(12)13(12,14)15/h2-4,9,16H,5-6H2,1H3,(H,17,18). The highest BCUT2D eigenvalue weighted by Gasteiger charge is 2.84. The van der Waals surface area contributed by atoms with Crippen LogP contribution >= 0.6 is 0 Å². The Kier molecular flexibility index (Phi) is 1.69. The van der Waals surface area contributed by atoms with Crippen LogP contribution in [-0.2, 0) is 5.41 Å². The lowest BCUT2D eigenvalue weighted by atomic mass is 9.97. The van der Waals surface area contributed by atoms with Crippen LogP contribution < -0.4 is 5.32 Å². The lowest BCUT2D eigenvalue weighted by Gasteiger charge is -2.12. The van der Waals surface area contributed by atoms with Gasteiger partial charge in [0.15, 0.2) is 0 Å². The zero-order valence-electron chi connectivity index (χ0n) is 9.93. The number of nitrogens with one attached hydrogen (secondary N) is 2. The Labute approximate surface area is 103 Å². The highest BCUT2D eigenvalue weighted by atomic mass is 19.3. The molecule has 2 aromatic rings. The quantitative estimate of drug-likeness (QED) is 0.811. The maximum Gasteiger partial charge on any atom is 0.266 e. The molecule has 1 aliphatic heterocycles. The number of piperidine rings is 1. The van der Waals surface area contributed by atoms with Gasteiger partial charge in [-0.3, -0.25) is 5.10 Å². The highest BCUT2D eigenvalue weighted by molar-refractivity contribution is 5.86. The summed E-state index contributed by atoms with van der Waals surface area (Å²) in [5.74, 6) is -3.22. The van der Waals surface area contributed by atoms with Gasteiger partial charge >= 0.3 is 0 Å². The van der Waals surface area contributed by atoms with Crippen molar-refractivity contribution in [2.24, 2.45) is 5.92 Å². The molecule has 4 rings (SSSR count). The molecule has 2 atom stereocenters. The Morgan fingerprint density at radius 3 is 2.94 bits per heavy atom. The first-order valence-electron chi connectivity index (χ1n) is 6.12. The minimum absolute atomic E-state index is 0.318.